The first kappa shape index (κ1) is 16.2. The molecule has 3 heteroatoms. The molecule has 0 aliphatic heterocycles. The van der Waals surface area contributed by atoms with Crippen LogP contribution in [0, 0.1) is 5.92 Å². The van der Waals surface area contributed by atoms with Crippen LogP contribution in [0.1, 0.15) is 51.5 Å². The second-order valence-corrected chi connectivity index (χ2v) is 6.23. The van der Waals surface area contributed by atoms with Crippen molar-refractivity contribution in [2.45, 2.75) is 58.5 Å². The molecule has 3 nitrogen and oxygen atoms in total. The first-order valence-electron chi connectivity index (χ1n) is 8.29. The summed E-state index contributed by atoms with van der Waals surface area (Å²) in [4.78, 5) is 2.45. The zero-order chi connectivity index (χ0) is 15.2. The van der Waals surface area contributed by atoms with E-state index in [0.29, 0.717) is 18.4 Å². The minimum Gasteiger partial charge on any atom is -0.504 e. The van der Waals surface area contributed by atoms with E-state index in [1.54, 1.807) is 6.07 Å². The van der Waals surface area contributed by atoms with Gasteiger partial charge in [0.15, 0.2) is 11.5 Å². The molecule has 0 spiro atoms. The molecule has 0 saturated heterocycles. The van der Waals surface area contributed by atoms with Gasteiger partial charge < -0.3 is 9.84 Å². The summed E-state index contributed by atoms with van der Waals surface area (Å²) in [5.41, 5.74) is 1.20. The van der Waals surface area contributed by atoms with Crippen LogP contribution in [0.5, 0.6) is 11.5 Å². The smallest absolute Gasteiger partial charge is 0.161 e. The number of phenolic OH excluding ortho intramolecular Hbond substituents is 1. The van der Waals surface area contributed by atoms with Crippen molar-refractivity contribution in [2.24, 2.45) is 5.92 Å². The molecule has 118 valence electrons. The molecule has 0 bridgehead atoms. The summed E-state index contributed by atoms with van der Waals surface area (Å²) < 4.78 is 5.46. The van der Waals surface area contributed by atoms with Crippen molar-refractivity contribution < 1.29 is 9.84 Å². The van der Waals surface area contributed by atoms with Crippen LogP contribution in [0.15, 0.2) is 18.2 Å². The molecule has 2 rings (SSSR count). The quantitative estimate of drug-likeness (QED) is 0.853. The highest BCUT2D eigenvalue weighted by Gasteiger charge is 2.23. The van der Waals surface area contributed by atoms with Gasteiger partial charge in [-0.25, -0.2) is 0 Å². The number of rotatable bonds is 6. The van der Waals surface area contributed by atoms with Gasteiger partial charge in [0, 0.05) is 12.6 Å². The number of phenols is 1. The highest BCUT2D eigenvalue weighted by Crippen LogP contribution is 2.31. The van der Waals surface area contributed by atoms with Crippen molar-refractivity contribution in [3.8, 4) is 11.5 Å². The fourth-order valence-electron chi connectivity index (χ4n) is 3.34. The molecule has 1 aromatic carbocycles. The molecule has 0 amide bonds. The van der Waals surface area contributed by atoms with Gasteiger partial charge in [-0.15, -0.1) is 0 Å². The fourth-order valence-corrected chi connectivity index (χ4v) is 3.34. The maximum Gasteiger partial charge on any atom is 0.161 e. The Morgan fingerprint density at radius 2 is 1.90 bits per heavy atom. The standard InChI is InChI=1S/C18H29NO2/c1-4-14-6-9-16(10-7-14)19(3)13-15-8-11-17(20)18(12-15)21-5-2/h8,11-12,14,16,20H,4-7,9-10,13H2,1-3H3. The summed E-state index contributed by atoms with van der Waals surface area (Å²) in [7, 11) is 2.21. The average molecular weight is 291 g/mol. The minimum atomic E-state index is 0.228. The van der Waals surface area contributed by atoms with Crippen LogP contribution in [-0.2, 0) is 6.54 Å². The van der Waals surface area contributed by atoms with E-state index in [4.69, 9.17) is 4.74 Å². The lowest BCUT2D eigenvalue weighted by Crippen LogP contribution is -2.34. The van der Waals surface area contributed by atoms with Crippen LogP contribution in [0.3, 0.4) is 0 Å². The number of benzene rings is 1. The average Bonchev–Trinajstić information content (AvgIpc) is 2.51. The summed E-state index contributed by atoms with van der Waals surface area (Å²) in [6.45, 7) is 5.74. The lowest BCUT2D eigenvalue weighted by molar-refractivity contribution is 0.157. The van der Waals surface area contributed by atoms with E-state index in [1.807, 2.05) is 19.1 Å². The molecular formula is C18H29NO2. The molecule has 0 unspecified atom stereocenters. The van der Waals surface area contributed by atoms with Crippen molar-refractivity contribution in [1.82, 2.24) is 4.90 Å². The highest BCUT2D eigenvalue weighted by atomic mass is 16.5. The molecular weight excluding hydrogens is 262 g/mol. The largest absolute Gasteiger partial charge is 0.504 e. The summed E-state index contributed by atoms with van der Waals surface area (Å²) in [6.07, 6.45) is 6.68. The predicted octanol–water partition coefficient (Wildman–Crippen LogP) is 4.19. The summed E-state index contributed by atoms with van der Waals surface area (Å²) in [5.74, 6) is 1.76. The summed E-state index contributed by atoms with van der Waals surface area (Å²) in [5, 5.41) is 9.77. The summed E-state index contributed by atoms with van der Waals surface area (Å²) in [6, 6.07) is 6.39. The lowest BCUT2D eigenvalue weighted by atomic mass is 9.84. The third kappa shape index (κ3) is 4.37. The van der Waals surface area contributed by atoms with Gasteiger partial charge in [-0.2, -0.15) is 0 Å². The minimum absolute atomic E-state index is 0.228. The van der Waals surface area contributed by atoms with E-state index < -0.39 is 0 Å². The van der Waals surface area contributed by atoms with Crippen LogP contribution in [0.25, 0.3) is 0 Å². The van der Waals surface area contributed by atoms with Gasteiger partial charge in [-0.05, 0) is 63.3 Å². The van der Waals surface area contributed by atoms with Crippen molar-refractivity contribution in [3.63, 3.8) is 0 Å². The molecule has 0 atom stereocenters. The molecule has 0 radical (unpaired) electrons. The number of hydrogen-bond acceptors (Lipinski definition) is 3. The SMILES string of the molecule is CCOc1cc(CN(C)C2CCC(CC)CC2)ccc1O. The van der Waals surface area contributed by atoms with E-state index in [-0.39, 0.29) is 5.75 Å². The van der Waals surface area contributed by atoms with Crippen LogP contribution >= 0.6 is 0 Å². The first-order valence-corrected chi connectivity index (χ1v) is 8.29. The van der Waals surface area contributed by atoms with Crippen molar-refractivity contribution >= 4 is 0 Å². The highest BCUT2D eigenvalue weighted by molar-refractivity contribution is 5.41. The van der Waals surface area contributed by atoms with Gasteiger partial charge in [0.2, 0.25) is 0 Å². The van der Waals surface area contributed by atoms with Crippen LogP contribution < -0.4 is 4.74 Å². The zero-order valence-corrected chi connectivity index (χ0v) is 13.6. The normalized spacial score (nSPS) is 22.5. The fraction of sp³-hybridized carbons (Fsp3) is 0.667. The van der Waals surface area contributed by atoms with Gasteiger partial charge in [-0.3, -0.25) is 4.90 Å². The maximum atomic E-state index is 9.77. The van der Waals surface area contributed by atoms with Gasteiger partial charge in [0.25, 0.3) is 0 Å². The van der Waals surface area contributed by atoms with Crippen molar-refractivity contribution in [2.75, 3.05) is 13.7 Å². The Bertz CT molecular complexity index is 439. The molecule has 0 heterocycles. The number of aromatic hydroxyl groups is 1. The topological polar surface area (TPSA) is 32.7 Å². The Kier molecular flexibility index (Phi) is 5.92. The molecule has 1 fully saturated rings. The van der Waals surface area contributed by atoms with Crippen LogP contribution in [0.4, 0.5) is 0 Å². The molecule has 1 N–H and O–H groups in total. The number of ether oxygens (including phenoxy) is 1. The van der Waals surface area contributed by atoms with E-state index in [1.165, 1.54) is 37.7 Å². The first-order chi connectivity index (χ1) is 10.1. The second-order valence-electron chi connectivity index (χ2n) is 6.23. The van der Waals surface area contributed by atoms with Gasteiger partial charge in [0.1, 0.15) is 0 Å². The number of nitrogens with zero attached hydrogens (tertiary/aromatic N) is 1. The predicted molar refractivity (Wildman–Crippen MR) is 86.8 cm³/mol. The molecule has 1 aliphatic carbocycles. The number of hydrogen-bond donors (Lipinski definition) is 1. The molecule has 0 aromatic heterocycles. The van der Waals surface area contributed by atoms with Crippen LogP contribution in [-0.4, -0.2) is 29.7 Å². The third-order valence-corrected chi connectivity index (χ3v) is 4.77. The molecule has 1 saturated carbocycles. The van der Waals surface area contributed by atoms with E-state index in [9.17, 15) is 5.11 Å². The van der Waals surface area contributed by atoms with Gasteiger partial charge in [-0.1, -0.05) is 19.4 Å². The molecule has 1 aliphatic rings. The monoisotopic (exact) mass is 291 g/mol. The second kappa shape index (κ2) is 7.69. The van der Waals surface area contributed by atoms with Gasteiger partial charge in [0.05, 0.1) is 6.61 Å². The molecule has 1 aromatic rings. The Morgan fingerprint density at radius 1 is 1.19 bits per heavy atom. The molecule has 21 heavy (non-hydrogen) atoms. The Balaban J connectivity index is 1.93. The Hall–Kier alpha value is -1.22. The van der Waals surface area contributed by atoms with E-state index in [2.05, 4.69) is 18.9 Å². The third-order valence-electron chi connectivity index (χ3n) is 4.77. The summed E-state index contributed by atoms with van der Waals surface area (Å²) >= 11 is 0. The van der Waals surface area contributed by atoms with Gasteiger partial charge >= 0.3 is 0 Å². The zero-order valence-electron chi connectivity index (χ0n) is 13.6. The Morgan fingerprint density at radius 3 is 2.52 bits per heavy atom. The Labute approximate surface area is 128 Å². The van der Waals surface area contributed by atoms with E-state index in [0.717, 1.165) is 12.5 Å². The van der Waals surface area contributed by atoms with Crippen molar-refractivity contribution in [1.29, 1.82) is 0 Å². The maximum absolute atomic E-state index is 9.77. The lowest BCUT2D eigenvalue weighted by Gasteiger charge is -2.34. The van der Waals surface area contributed by atoms with E-state index >= 15 is 0 Å². The van der Waals surface area contributed by atoms with Crippen LogP contribution in [0.2, 0.25) is 0 Å². The van der Waals surface area contributed by atoms with Crippen molar-refractivity contribution in [3.05, 3.63) is 23.8 Å².